The molecule has 0 fully saturated rings. The molecule has 6 nitrogen and oxygen atoms in total. The van der Waals surface area contributed by atoms with Gasteiger partial charge in [-0.05, 0) is 139 Å². The van der Waals surface area contributed by atoms with Crippen molar-refractivity contribution in [2.75, 3.05) is 0 Å². The summed E-state index contributed by atoms with van der Waals surface area (Å²) in [6.07, 6.45) is 11.9. The molecule has 0 saturated carbocycles. The first-order valence-electron chi connectivity index (χ1n) is 31.0. The van der Waals surface area contributed by atoms with Gasteiger partial charge in [0.25, 0.3) is 0 Å². The molecule has 12 aromatic rings. The van der Waals surface area contributed by atoms with Crippen LogP contribution < -0.4 is 0 Å². The summed E-state index contributed by atoms with van der Waals surface area (Å²) in [5.41, 5.74) is 22.6. The quantitative estimate of drug-likeness (QED) is 0.0961. The minimum absolute atomic E-state index is 0. The van der Waals surface area contributed by atoms with Crippen molar-refractivity contribution in [1.82, 2.24) is 28.7 Å². The van der Waals surface area contributed by atoms with Crippen LogP contribution in [-0.2, 0) is 20.1 Å². The van der Waals surface area contributed by atoms with Gasteiger partial charge in [-0.15, -0.1) is 71.8 Å². The van der Waals surface area contributed by atoms with Gasteiger partial charge in [-0.1, -0.05) is 204 Å². The predicted molar refractivity (Wildman–Crippen MR) is 366 cm³/mol. The van der Waals surface area contributed by atoms with E-state index >= 15 is 0 Å². The van der Waals surface area contributed by atoms with Gasteiger partial charge < -0.3 is 9.13 Å². The number of aromatic nitrogens is 6. The smallest absolute Gasteiger partial charge is 0.144 e. The Morgan fingerprint density at radius 2 is 0.511 bits per heavy atom. The molecule has 0 aliphatic carbocycles. The minimum atomic E-state index is 0. The first-order chi connectivity index (χ1) is 42.2. The molecule has 0 spiro atoms. The maximum Gasteiger partial charge on any atom is 0.144 e. The van der Waals surface area contributed by atoms with Crippen molar-refractivity contribution in [2.24, 2.45) is 0 Å². The van der Waals surface area contributed by atoms with Crippen LogP contribution in [0.15, 0.2) is 243 Å². The van der Waals surface area contributed by atoms with Crippen LogP contribution in [0, 0.1) is 12.1 Å². The molecule has 88 heavy (non-hydrogen) atoms. The molecule has 0 N–H and O–H groups in total. The van der Waals surface area contributed by atoms with Gasteiger partial charge in [0.05, 0.1) is 17.3 Å². The van der Waals surface area contributed by atoms with E-state index in [1.54, 1.807) is 0 Å². The van der Waals surface area contributed by atoms with Crippen molar-refractivity contribution < 1.29 is 20.1 Å². The van der Waals surface area contributed by atoms with E-state index in [0.717, 1.165) is 34.2 Å². The summed E-state index contributed by atoms with van der Waals surface area (Å²) in [4.78, 5) is 14.1. The van der Waals surface area contributed by atoms with Gasteiger partial charge in [0.1, 0.15) is 5.82 Å². The summed E-state index contributed by atoms with van der Waals surface area (Å²) in [5, 5.41) is 0. The van der Waals surface area contributed by atoms with Gasteiger partial charge in [0.15, 0.2) is 0 Å². The fourth-order valence-electron chi connectivity index (χ4n) is 11.6. The summed E-state index contributed by atoms with van der Waals surface area (Å²) in [6, 6.07) is 79.2. The Hall–Kier alpha value is -8.74. The van der Waals surface area contributed by atoms with Crippen molar-refractivity contribution in [3.63, 3.8) is 0 Å². The zero-order valence-electron chi connectivity index (χ0n) is 53.1. The molecule has 0 aliphatic rings. The van der Waals surface area contributed by atoms with Crippen molar-refractivity contribution in [3.8, 4) is 84.6 Å². The molecule has 9 aromatic carbocycles. The van der Waals surface area contributed by atoms with Gasteiger partial charge in [-0.3, -0.25) is 14.5 Å². The van der Waals surface area contributed by atoms with Crippen LogP contribution in [0.4, 0.5) is 0 Å². The summed E-state index contributed by atoms with van der Waals surface area (Å²) >= 11 is 0. The second-order valence-corrected chi connectivity index (χ2v) is 24.3. The third-order valence-electron chi connectivity index (χ3n) is 16.1. The molecule has 1 radical (unpaired) electrons. The Morgan fingerprint density at radius 3 is 0.761 bits per heavy atom. The third-order valence-corrected chi connectivity index (χ3v) is 16.1. The molecule has 0 aliphatic heterocycles. The van der Waals surface area contributed by atoms with Crippen molar-refractivity contribution in [2.45, 2.75) is 119 Å². The van der Waals surface area contributed by atoms with Gasteiger partial charge >= 0.3 is 0 Å². The minimum Gasteiger partial charge on any atom is -0.340 e. The molecular formula is C81H82IrN6-2. The zero-order valence-corrected chi connectivity index (χ0v) is 55.5. The number of hydrogen-bond donors (Lipinski definition) is 0. The van der Waals surface area contributed by atoms with Gasteiger partial charge in [-0.25, -0.2) is 4.98 Å². The Balaban J connectivity index is 0.000000156. The average Bonchev–Trinajstić information content (AvgIpc) is 1.56. The summed E-state index contributed by atoms with van der Waals surface area (Å²) in [7, 11) is 0. The van der Waals surface area contributed by atoms with E-state index in [1.165, 1.54) is 83.8 Å². The maximum atomic E-state index is 4.71. The molecule has 12 rings (SSSR count). The van der Waals surface area contributed by atoms with Crippen LogP contribution in [0.25, 0.3) is 84.6 Å². The summed E-state index contributed by atoms with van der Waals surface area (Å²) in [5.74, 6) is 5.21. The van der Waals surface area contributed by atoms with E-state index in [0.29, 0.717) is 35.5 Å². The second kappa shape index (κ2) is 29.3. The van der Waals surface area contributed by atoms with Gasteiger partial charge in [0.2, 0.25) is 0 Å². The summed E-state index contributed by atoms with van der Waals surface area (Å²) in [6.45, 7) is 27.2. The Kier molecular flexibility index (Phi) is 21.2. The van der Waals surface area contributed by atoms with E-state index in [-0.39, 0.29) is 20.1 Å². The van der Waals surface area contributed by atoms with Crippen LogP contribution in [-0.4, -0.2) is 28.7 Å². The van der Waals surface area contributed by atoms with Crippen LogP contribution in [0.3, 0.4) is 0 Å². The monoisotopic (exact) mass is 1330 g/mol. The number of imidazole rings is 3. The SMILES string of the molecule is CC(C)c1cc(-c2ccccc2)cc(C(C)C)c1-n1ccnc1-c1[c-]cccc1.CC(C)c1cc(-c2ccccc2)cc(C(C)C)c1-n1ccnc1-c1[c-]cccc1.CC(C)c1cc(-c2ccccc2)cc(C(C)C)c1-n1ccnc1-c1ccccc1.[Ir]. The predicted octanol–water partition coefficient (Wildman–Crippen LogP) is 22.0. The molecule has 0 saturated heterocycles. The van der Waals surface area contributed by atoms with E-state index in [2.05, 4.69) is 301 Å². The average molecular weight is 1330 g/mol. The molecule has 447 valence electrons. The fraction of sp³-hybridized carbons (Fsp3) is 0.222. The van der Waals surface area contributed by atoms with Crippen LogP contribution in [0.5, 0.6) is 0 Å². The Labute approximate surface area is 537 Å². The first-order valence-corrected chi connectivity index (χ1v) is 31.0. The van der Waals surface area contributed by atoms with Crippen molar-refractivity contribution in [1.29, 1.82) is 0 Å². The maximum absolute atomic E-state index is 4.71. The van der Waals surface area contributed by atoms with Gasteiger partial charge in [-0.2, -0.15) is 0 Å². The third kappa shape index (κ3) is 14.3. The number of rotatable bonds is 15. The van der Waals surface area contributed by atoms with E-state index in [4.69, 9.17) is 4.98 Å². The van der Waals surface area contributed by atoms with Crippen LogP contribution in [0.2, 0.25) is 0 Å². The van der Waals surface area contributed by atoms with Crippen LogP contribution >= 0.6 is 0 Å². The molecule has 0 amide bonds. The topological polar surface area (TPSA) is 53.5 Å². The Morgan fingerprint density at radius 1 is 0.273 bits per heavy atom. The zero-order chi connectivity index (χ0) is 61.1. The standard InChI is InChI=1S/C27H28N2.2C27H27N2.Ir/c3*1-19(2)24-17-23(21-11-7-5-8-12-21)18-25(20(3)4)26(24)29-16-15-28-27(29)22-13-9-6-10-14-22;/h5-20H,1-4H3;2*5-13,15-20H,1-4H3;/q;2*-1;. The number of benzene rings is 9. The Bertz CT molecular complexity index is 3620. The molecule has 0 bridgehead atoms. The van der Waals surface area contributed by atoms with Crippen LogP contribution in [0.1, 0.15) is 152 Å². The molecule has 0 unspecified atom stereocenters. The molecule has 3 heterocycles. The normalized spacial score (nSPS) is 11.2. The molecule has 0 atom stereocenters. The molecule has 7 heteroatoms. The van der Waals surface area contributed by atoms with E-state index < -0.39 is 0 Å². The number of nitrogens with zero attached hydrogens (tertiary/aromatic N) is 6. The van der Waals surface area contributed by atoms with E-state index in [1.807, 2.05) is 61.1 Å². The molecule has 3 aromatic heterocycles. The summed E-state index contributed by atoms with van der Waals surface area (Å²) < 4.78 is 6.76. The molecular weight excluding hydrogens is 1250 g/mol. The fourth-order valence-corrected chi connectivity index (χ4v) is 11.6. The largest absolute Gasteiger partial charge is 0.340 e. The van der Waals surface area contributed by atoms with Crippen molar-refractivity contribution in [3.05, 3.63) is 289 Å². The van der Waals surface area contributed by atoms with Crippen molar-refractivity contribution >= 4 is 0 Å². The van der Waals surface area contributed by atoms with E-state index in [9.17, 15) is 0 Å². The first kappa shape index (κ1) is 63.8. The van der Waals surface area contributed by atoms with Gasteiger partial charge in [0, 0.05) is 74.2 Å². The number of hydrogen-bond acceptors (Lipinski definition) is 3. The second-order valence-electron chi connectivity index (χ2n) is 24.3.